The molecule has 178 valence electrons. The van der Waals surface area contributed by atoms with Crippen molar-refractivity contribution in [3.63, 3.8) is 0 Å². The average molecular weight is 463 g/mol. The summed E-state index contributed by atoms with van der Waals surface area (Å²) in [6.45, 7) is -0.934. The van der Waals surface area contributed by atoms with Gasteiger partial charge in [0.15, 0.2) is 5.78 Å². The second-order valence-corrected chi connectivity index (χ2v) is 8.34. The molecular weight excluding hydrogens is 439 g/mol. The number of fused-ring (bicyclic) bond motifs is 1. The van der Waals surface area contributed by atoms with Crippen LogP contribution in [0.3, 0.4) is 0 Å². The van der Waals surface area contributed by atoms with Crippen LogP contribution in [0.25, 0.3) is 0 Å². The quantitative estimate of drug-likeness (QED) is 0.445. The van der Waals surface area contributed by atoms with Crippen LogP contribution in [0.2, 0.25) is 0 Å². The minimum atomic E-state index is -5.05. The molecule has 0 aromatic rings. The third-order valence-corrected chi connectivity index (χ3v) is 6.37. The van der Waals surface area contributed by atoms with Crippen LogP contribution in [-0.4, -0.2) is 77.6 Å². The zero-order chi connectivity index (χ0) is 23.6. The predicted octanol–water partition coefficient (Wildman–Crippen LogP) is -0.185. The molecule has 0 radical (unpaired) electrons. The fraction of sp³-hybridized carbons (Fsp3) is 0.737. The summed E-state index contributed by atoms with van der Waals surface area (Å²) in [5.74, 6) is -6.32. The SMILES string of the molecule is O=C(O)C(=O)N1C[C@@H]2CCC[C@@H]2[C@H]1C(=O)N[C@@H](C[C@@H]1CCNC1=O)C(=O)COC(F)(F)F. The average Bonchev–Trinajstić information content (AvgIpc) is 3.40. The highest BCUT2D eigenvalue weighted by Gasteiger charge is 2.51. The Bertz CT molecular complexity index is 804. The van der Waals surface area contributed by atoms with Crippen molar-refractivity contribution in [2.45, 2.75) is 50.6 Å². The van der Waals surface area contributed by atoms with Gasteiger partial charge in [-0.05, 0) is 37.5 Å². The summed E-state index contributed by atoms with van der Waals surface area (Å²) >= 11 is 0. The molecule has 3 rings (SSSR count). The van der Waals surface area contributed by atoms with E-state index in [1.165, 1.54) is 0 Å². The van der Waals surface area contributed by atoms with Crippen LogP contribution in [0, 0.1) is 17.8 Å². The third-order valence-electron chi connectivity index (χ3n) is 6.37. The second-order valence-electron chi connectivity index (χ2n) is 8.34. The molecule has 0 spiro atoms. The molecule has 3 fully saturated rings. The van der Waals surface area contributed by atoms with Crippen molar-refractivity contribution in [1.82, 2.24) is 15.5 Å². The molecule has 3 aliphatic rings. The number of carboxylic acid groups (broad SMARTS) is 1. The maximum Gasteiger partial charge on any atom is 0.522 e. The van der Waals surface area contributed by atoms with Gasteiger partial charge in [0, 0.05) is 19.0 Å². The lowest BCUT2D eigenvalue weighted by Crippen LogP contribution is -2.54. The number of ether oxygens (including phenoxy) is 1. The number of likely N-dealkylation sites (tertiary alicyclic amines) is 1. The number of aliphatic carboxylic acids is 1. The highest BCUT2D eigenvalue weighted by molar-refractivity contribution is 6.32. The minimum Gasteiger partial charge on any atom is -0.474 e. The Hall–Kier alpha value is -2.70. The largest absolute Gasteiger partial charge is 0.522 e. The highest BCUT2D eigenvalue weighted by atomic mass is 19.4. The lowest BCUT2D eigenvalue weighted by atomic mass is 9.92. The van der Waals surface area contributed by atoms with Gasteiger partial charge in [0.2, 0.25) is 11.8 Å². The molecule has 2 saturated heterocycles. The number of carboxylic acids is 1. The first-order valence-electron chi connectivity index (χ1n) is 10.3. The van der Waals surface area contributed by atoms with Gasteiger partial charge in [-0.1, -0.05) is 6.42 Å². The van der Waals surface area contributed by atoms with E-state index in [4.69, 9.17) is 5.11 Å². The standard InChI is InChI=1S/C19H24F3N3O7/c20-19(21,22)32-8-13(26)12(6-9-4-5-23-15(9)27)24-16(28)14-11-3-1-2-10(11)7-25(14)17(29)18(30)31/h9-12,14H,1-8H2,(H,23,27)(H,24,28)(H,30,31)/t9-,10-,11-,12-,14-/m0/s1. The number of halogens is 3. The van der Waals surface area contributed by atoms with Gasteiger partial charge in [0.05, 0.1) is 6.04 Å². The Balaban J connectivity index is 1.77. The molecule has 2 aliphatic heterocycles. The molecule has 3 N–H and O–H groups in total. The summed E-state index contributed by atoms with van der Waals surface area (Å²) in [6, 6.07) is -2.61. The Kier molecular flexibility index (Phi) is 7.06. The van der Waals surface area contributed by atoms with Gasteiger partial charge in [-0.15, -0.1) is 13.2 Å². The molecule has 0 unspecified atom stereocenters. The summed E-state index contributed by atoms with van der Waals surface area (Å²) < 4.78 is 40.8. The van der Waals surface area contributed by atoms with Crippen molar-refractivity contribution in [2.24, 2.45) is 17.8 Å². The van der Waals surface area contributed by atoms with E-state index in [1.807, 2.05) is 0 Å². The van der Waals surface area contributed by atoms with Crippen LogP contribution >= 0.6 is 0 Å². The number of nitrogens with one attached hydrogen (secondary N) is 2. The third kappa shape index (κ3) is 5.37. The van der Waals surface area contributed by atoms with Gasteiger partial charge >= 0.3 is 18.2 Å². The van der Waals surface area contributed by atoms with Crippen LogP contribution in [0.15, 0.2) is 0 Å². The maximum absolute atomic E-state index is 13.1. The molecule has 1 saturated carbocycles. The lowest BCUT2D eigenvalue weighted by molar-refractivity contribution is -0.321. The zero-order valence-electron chi connectivity index (χ0n) is 17.0. The maximum atomic E-state index is 13.1. The van der Waals surface area contributed by atoms with Crippen molar-refractivity contribution in [2.75, 3.05) is 19.7 Å². The number of Topliss-reactive ketones (excluding diaryl/α,β-unsaturated/α-hetero) is 1. The summed E-state index contributed by atoms with van der Waals surface area (Å²) in [4.78, 5) is 61.7. The molecular formula is C19H24F3N3O7. The van der Waals surface area contributed by atoms with E-state index < -0.39 is 54.5 Å². The summed E-state index contributed by atoms with van der Waals surface area (Å²) in [7, 11) is 0. The van der Waals surface area contributed by atoms with Crippen LogP contribution in [0.5, 0.6) is 0 Å². The zero-order valence-corrected chi connectivity index (χ0v) is 17.0. The van der Waals surface area contributed by atoms with Crippen molar-refractivity contribution in [3.8, 4) is 0 Å². The molecule has 0 aromatic heterocycles. The number of carbonyl (C=O) groups excluding carboxylic acids is 4. The molecule has 0 aromatic carbocycles. The van der Waals surface area contributed by atoms with Crippen LogP contribution in [0.4, 0.5) is 13.2 Å². The van der Waals surface area contributed by atoms with Gasteiger partial charge in [-0.2, -0.15) is 0 Å². The van der Waals surface area contributed by atoms with Crippen LogP contribution in [0.1, 0.15) is 32.1 Å². The van der Waals surface area contributed by atoms with Crippen molar-refractivity contribution >= 4 is 29.5 Å². The second kappa shape index (κ2) is 9.43. The molecule has 3 amide bonds. The number of amides is 3. The highest BCUT2D eigenvalue weighted by Crippen LogP contribution is 2.42. The van der Waals surface area contributed by atoms with Gasteiger partial charge in [0.25, 0.3) is 0 Å². The molecule has 0 bridgehead atoms. The van der Waals surface area contributed by atoms with Gasteiger partial charge < -0.3 is 20.6 Å². The molecule has 2 heterocycles. The minimum absolute atomic E-state index is 0.0719. The Morgan fingerprint density at radius 2 is 1.94 bits per heavy atom. The number of carbonyl (C=O) groups is 5. The number of hydrogen-bond acceptors (Lipinski definition) is 6. The molecule has 10 nitrogen and oxygen atoms in total. The summed E-state index contributed by atoms with van der Waals surface area (Å²) in [5.41, 5.74) is 0. The Morgan fingerprint density at radius 1 is 1.22 bits per heavy atom. The fourth-order valence-corrected chi connectivity index (χ4v) is 4.91. The Morgan fingerprint density at radius 3 is 2.53 bits per heavy atom. The molecule has 13 heteroatoms. The smallest absolute Gasteiger partial charge is 0.474 e. The normalized spacial score (nSPS) is 28.2. The predicted molar refractivity (Wildman–Crippen MR) is 98.6 cm³/mol. The van der Waals surface area contributed by atoms with Gasteiger partial charge in [-0.25, -0.2) is 4.79 Å². The van der Waals surface area contributed by atoms with E-state index >= 15 is 0 Å². The summed E-state index contributed by atoms with van der Waals surface area (Å²) in [5, 5.41) is 14.0. The van der Waals surface area contributed by atoms with Gasteiger partial charge in [-0.3, -0.25) is 23.9 Å². The van der Waals surface area contributed by atoms with E-state index in [0.29, 0.717) is 25.8 Å². The van der Waals surface area contributed by atoms with Crippen molar-refractivity contribution in [1.29, 1.82) is 0 Å². The monoisotopic (exact) mass is 463 g/mol. The number of alkyl halides is 3. The van der Waals surface area contributed by atoms with Gasteiger partial charge in [0.1, 0.15) is 12.6 Å². The molecule has 1 aliphatic carbocycles. The first-order chi connectivity index (χ1) is 15.0. The van der Waals surface area contributed by atoms with Crippen molar-refractivity contribution < 1.29 is 47.0 Å². The van der Waals surface area contributed by atoms with E-state index in [1.54, 1.807) is 0 Å². The number of nitrogens with zero attached hydrogens (tertiary/aromatic N) is 1. The Labute approximate surface area is 180 Å². The van der Waals surface area contributed by atoms with Crippen LogP contribution in [-0.2, 0) is 28.7 Å². The number of hydrogen-bond donors (Lipinski definition) is 3. The first kappa shape index (κ1) is 24.0. The topological polar surface area (TPSA) is 142 Å². The van der Waals surface area contributed by atoms with E-state index in [-0.39, 0.29) is 30.7 Å². The van der Waals surface area contributed by atoms with E-state index in [9.17, 15) is 37.1 Å². The van der Waals surface area contributed by atoms with E-state index in [0.717, 1.165) is 11.3 Å². The van der Waals surface area contributed by atoms with Crippen LogP contribution < -0.4 is 10.6 Å². The summed E-state index contributed by atoms with van der Waals surface area (Å²) in [6.07, 6.45) is -2.86. The fourth-order valence-electron chi connectivity index (χ4n) is 4.91. The van der Waals surface area contributed by atoms with Crippen molar-refractivity contribution in [3.05, 3.63) is 0 Å². The number of rotatable bonds is 7. The van der Waals surface area contributed by atoms with E-state index in [2.05, 4.69) is 15.4 Å². The molecule has 5 atom stereocenters. The number of ketones is 1. The molecule has 32 heavy (non-hydrogen) atoms. The first-order valence-corrected chi connectivity index (χ1v) is 10.3. The lowest BCUT2D eigenvalue weighted by Gasteiger charge is -2.28.